The van der Waals surface area contributed by atoms with Crippen molar-refractivity contribution in [3.05, 3.63) is 29.6 Å². The summed E-state index contributed by atoms with van der Waals surface area (Å²) in [7, 11) is 0. The Hall–Kier alpha value is -2.44. The fraction of sp³-hybridized carbons (Fsp3) is 0.556. The Bertz CT molecular complexity index is 635. The molecule has 134 valence electrons. The molecule has 1 aliphatic carbocycles. The molecule has 1 aromatic rings. The van der Waals surface area contributed by atoms with E-state index < -0.39 is 0 Å². The summed E-state index contributed by atoms with van der Waals surface area (Å²) >= 11 is 0. The standard InChI is InChI=1S/C18H24N4O3/c23-13-21-8-10-22(11-9-21)18(25)14-6-7-19-16(12-14)17(24)20-15-4-2-1-3-5-15/h6-7,12-13,15H,1-5,8-11H2,(H,20,24). The lowest BCUT2D eigenvalue weighted by molar-refractivity contribution is -0.119. The molecule has 0 bridgehead atoms. The van der Waals surface area contributed by atoms with Crippen LogP contribution in [0.4, 0.5) is 0 Å². The molecule has 3 rings (SSSR count). The Morgan fingerprint density at radius 1 is 1.12 bits per heavy atom. The van der Waals surface area contributed by atoms with Crippen molar-refractivity contribution in [2.24, 2.45) is 0 Å². The third-order valence-electron chi connectivity index (χ3n) is 4.93. The van der Waals surface area contributed by atoms with Crippen LogP contribution in [0.15, 0.2) is 18.3 Å². The fourth-order valence-electron chi connectivity index (χ4n) is 3.41. The van der Waals surface area contributed by atoms with Crippen molar-refractivity contribution in [2.45, 2.75) is 38.1 Å². The Morgan fingerprint density at radius 2 is 1.84 bits per heavy atom. The van der Waals surface area contributed by atoms with Gasteiger partial charge in [0.15, 0.2) is 0 Å². The quantitative estimate of drug-likeness (QED) is 0.828. The summed E-state index contributed by atoms with van der Waals surface area (Å²) in [4.78, 5) is 43.3. The van der Waals surface area contributed by atoms with E-state index in [-0.39, 0.29) is 23.6 Å². The molecule has 1 saturated heterocycles. The first-order chi connectivity index (χ1) is 12.2. The number of aromatic nitrogens is 1. The predicted molar refractivity (Wildman–Crippen MR) is 92.1 cm³/mol. The van der Waals surface area contributed by atoms with Crippen molar-refractivity contribution in [3.63, 3.8) is 0 Å². The molecule has 1 aromatic heterocycles. The number of nitrogens with one attached hydrogen (secondary N) is 1. The maximum absolute atomic E-state index is 12.6. The van der Waals surface area contributed by atoms with Gasteiger partial charge >= 0.3 is 0 Å². The molecule has 0 aromatic carbocycles. The van der Waals surface area contributed by atoms with Gasteiger partial charge in [-0.15, -0.1) is 0 Å². The van der Waals surface area contributed by atoms with E-state index in [4.69, 9.17) is 0 Å². The number of carbonyl (C=O) groups is 3. The van der Waals surface area contributed by atoms with E-state index in [0.29, 0.717) is 31.7 Å². The second-order valence-corrected chi connectivity index (χ2v) is 6.67. The van der Waals surface area contributed by atoms with Gasteiger partial charge in [0.1, 0.15) is 5.69 Å². The second kappa shape index (κ2) is 8.09. The molecule has 7 nitrogen and oxygen atoms in total. The minimum Gasteiger partial charge on any atom is -0.348 e. The van der Waals surface area contributed by atoms with Gasteiger partial charge in [0.2, 0.25) is 6.41 Å². The topological polar surface area (TPSA) is 82.6 Å². The van der Waals surface area contributed by atoms with Crippen LogP contribution in [0.1, 0.15) is 53.0 Å². The average Bonchev–Trinajstić information content (AvgIpc) is 2.68. The smallest absolute Gasteiger partial charge is 0.270 e. The number of piperazine rings is 1. The van der Waals surface area contributed by atoms with Crippen LogP contribution in [0.2, 0.25) is 0 Å². The SMILES string of the molecule is O=CN1CCN(C(=O)c2ccnc(C(=O)NC3CCCCC3)c2)CC1. The lowest BCUT2D eigenvalue weighted by atomic mass is 9.95. The van der Waals surface area contributed by atoms with Crippen molar-refractivity contribution in [3.8, 4) is 0 Å². The summed E-state index contributed by atoms with van der Waals surface area (Å²) in [5.74, 6) is -0.341. The molecule has 0 unspecified atom stereocenters. The molecule has 0 atom stereocenters. The molecule has 25 heavy (non-hydrogen) atoms. The van der Waals surface area contributed by atoms with Crippen LogP contribution in [-0.2, 0) is 4.79 Å². The van der Waals surface area contributed by atoms with Crippen LogP contribution in [0.5, 0.6) is 0 Å². The van der Waals surface area contributed by atoms with Crippen molar-refractivity contribution >= 4 is 18.2 Å². The number of pyridine rings is 1. The maximum Gasteiger partial charge on any atom is 0.270 e. The van der Waals surface area contributed by atoms with Crippen molar-refractivity contribution in [2.75, 3.05) is 26.2 Å². The highest BCUT2D eigenvalue weighted by Crippen LogP contribution is 2.18. The van der Waals surface area contributed by atoms with Crippen LogP contribution >= 0.6 is 0 Å². The summed E-state index contributed by atoms with van der Waals surface area (Å²) in [6.45, 7) is 2.08. The molecule has 0 radical (unpaired) electrons. The van der Waals surface area contributed by atoms with Gasteiger partial charge < -0.3 is 15.1 Å². The van der Waals surface area contributed by atoms with Gasteiger partial charge in [-0.3, -0.25) is 19.4 Å². The minimum atomic E-state index is -0.215. The van der Waals surface area contributed by atoms with Gasteiger partial charge in [0.25, 0.3) is 11.8 Å². The Kier molecular flexibility index (Phi) is 5.63. The van der Waals surface area contributed by atoms with E-state index in [2.05, 4.69) is 10.3 Å². The maximum atomic E-state index is 12.6. The molecular weight excluding hydrogens is 320 g/mol. The van der Waals surface area contributed by atoms with Gasteiger partial charge in [-0.05, 0) is 25.0 Å². The minimum absolute atomic E-state index is 0.125. The molecule has 1 N–H and O–H groups in total. The monoisotopic (exact) mass is 344 g/mol. The van der Waals surface area contributed by atoms with E-state index in [1.54, 1.807) is 21.9 Å². The van der Waals surface area contributed by atoms with E-state index in [9.17, 15) is 14.4 Å². The summed E-state index contributed by atoms with van der Waals surface area (Å²) in [5.41, 5.74) is 0.742. The van der Waals surface area contributed by atoms with Gasteiger partial charge in [-0.2, -0.15) is 0 Å². The average molecular weight is 344 g/mol. The first kappa shape index (κ1) is 17.4. The number of nitrogens with zero attached hydrogens (tertiary/aromatic N) is 3. The van der Waals surface area contributed by atoms with Gasteiger partial charge in [-0.1, -0.05) is 19.3 Å². The number of carbonyl (C=O) groups excluding carboxylic acids is 3. The molecule has 2 aliphatic rings. The second-order valence-electron chi connectivity index (χ2n) is 6.67. The van der Waals surface area contributed by atoms with E-state index >= 15 is 0 Å². The van der Waals surface area contributed by atoms with Crippen LogP contribution in [-0.4, -0.2) is 65.2 Å². The van der Waals surface area contributed by atoms with Crippen LogP contribution < -0.4 is 5.32 Å². The summed E-state index contributed by atoms with van der Waals surface area (Å²) in [5, 5.41) is 3.02. The molecule has 7 heteroatoms. The highest BCUT2D eigenvalue weighted by molar-refractivity contribution is 5.98. The lowest BCUT2D eigenvalue weighted by Gasteiger charge is -2.32. The number of hydrogen-bond acceptors (Lipinski definition) is 4. The third-order valence-corrected chi connectivity index (χ3v) is 4.93. The van der Waals surface area contributed by atoms with Crippen molar-refractivity contribution in [1.29, 1.82) is 0 Å². The van der Waals surface area contributed by atoms with Crippen molar-refractivity contribution < 1.29 is 14.4 Å². The molecule has 3 amide bonds. The molecule has 2 heterocycles. The predicted octanol–water partition coefficient (Wildman–Crippen LogP) is 1.06. The summed E-state index contributed by atoms with van der Waals surface area (Å²) in [6, 6.07) is 3.40. The zero-order valence-corrected chi connectivity index (χ0v) is 14.3. The Morgan fingerprint density at radius 3 is 2.52 bits per heavy atom. The van der Waals surface area contributed by atoms with Gasteiger partial charge in [0, 0.05) is 44.0 Å². The normalized spacial score (nSPS) is 18.7. The largest absolute Gasteiger partial charge is 0.348 e. The van der Waals surface area contributed by atoms with Crippen LogP contribution in [0.25, 0.3) is 0 Å². The lowest BCUT2D eigenvalue weighted by Crippen LogP contribution is -2.48. The zero-order chi connectivity index (χ0) is 17.6. The first-order valence-corrected chi connectivity index (χ1v) is 8.93. The highest BCUT2D eigenvalue weighted by Gasteiger charge is 2.23. The number of hydrogen-bond donors (Lipinski definition) is 1. The number of rotatable bonds is 4. The molecular formula is C18H24N4O3. The van der Waals surface area contributed by atoms with Crippen LogP contribution in [0.3, 0.4) is 0 Å². The molecule has 1 aliphatic heterocycles. The Balaban J connectivity index is 1.63. The van der Waals surface area contributed by atoms with Gasteiger partial charge in [-0.25, -0.2) is 0 Å². The summed E-state index contributed by atoms with van der Waals surface area (Å²) in [6.07, 6.45) is 7.84. The summed E-state index contributed by atoms with van der Waals surface area (Å²) < 4.78 is 0. The van der Waals surface area contributed by atoms with Crippen molar-refractivity contribution in [1.82, 2.24) is 20.1 Å². The molecule has 2 fully saturated rings. The highest BCUT2D eigenvalue weighted by atomic mass is 16.2. The number of amides is 3. The molecule has 1 saturated carbocycles. The van der Waals surface area contributed by atoms with E-state index in [1.165, 1.54) is 12.6 Å². The van der Waals surface area contributed by atoms with Gasteiger partial charge in [0.05, 0.1) is 0 Å². The Labute approximate surface area is 147 Å². The van der Waals surface area contributed by atoms with E-state index in [0.717, 1.165) is 32.1 Å². The van der Waals surface area contributed by atoms with Crippen LogP contribution in [0, 0.1) is 0 Å². The first-order valence-electron chi connectivity index (χ1n) is 8.93. The third kappa shape index (κ3) is 4.35. The fourth-order valence-corrected chi connectivity index (χ4v) is 3.41. The zero-order valence-electron chi connectivity index (χ0n) is 14.3. The molecule has 0 spiro atoms. The van der Waals surface area contributed by atoms with E-state index in [1.807, 2.05) is 0 Å².